The second-order valence-electron chi connectivity index (χ2n) is 6.07. The number of aromatic hydroxyl groups is 1. The number of hydrogen-bond donors (Lipinski definition) is 2. The van der Waals surface area contributed by atoms with Crippen LogP contribution in [0.5, 0.6) is 5.75 Å². The van der Waals surface area contributed by atoms with E-state index >= 15 is 0 Å². The van der Waals surface area contributed by atoms with Crippen LogP contribution in [0.2, 0.25) is 0 Å². The van der Waals surface area contributed by atoms with Crippen molar-refractivity contribution in [3.05, 3.63) is 41.7 Å². The number of phenols is 1. The van der Waals surface area contributed by atoms with Crippen molar-refractivity contribution in [2.75, 3.05) is 5.32 Å². The van der Waals surface area contributed by atoms with E-state index in [-0.39, 0.29) is 11.3 Å². The van der Waals surface area contributed by atoms with Crippen LogP contribution in [-0.4, -0.2) is 26.5 Å². The van der Waals surface area contributed by atoms with Gasteiger partial charge in [0.15, 0.2) is 0 Å². The minimum atomic E-state index is -0.598. The van der Waals surface area contributed by atoms with Gasteiger partial charge in [-0.15, -0.1) is 0 Å². The number of aryl methyl sites for hydroxylation is 1. The molecule has 1 heterocycles. The van der Waals surface area contributed by atoms with Crippen molar-refractivity contribution in [3.8, 4) is 5.75 Å². The molecule has 0 spiro atoms. The number of phenolic OH excluding ortho intramolecular Hbond substituents is 1. The fraction of sp³-hybridized carbons (Fsp3) is 0.375. The molecule has 1 aromatic carbocycles. The molecule has 22 heavy (non-hydrogen) atoms. The smallest absolute Gasteiger partial charge is 0.342 e. The second kappa shape index (κ2) is 6.09. The van der Waals surface area contributed by atoms with Gasteiger partial charge in [0.25, 0.3) is 0 Å². The molecule has 1 aromatic heterocycles. The topological polar surface area (TPSA) is 76.4 Å². The summed E-state index contributed by atoms with van der Waals surface area (Å²) in [6.45, 7) is 5.88. The lowest BCUT2D eigenvalue weighted by atomic mass is 10.1. The molecule has 0 aliphatic heterocycles. The van der Waals surface area contributed by atoms with Crippen molar-refractivity contribution in [3.63, 3.8) is 0 Å². The predicted molar refractivity (Wildman–Crippen MR) is 83.8 cm³/mol. The van der Waals surface area contributed by atoms with Gasteiger partial charge in [-0.05, 0) is 39.0 Å². The summed E-state index contributed by atoms with van der Waals surface area (Å²) >= 11 is 0. The zero-order valence-electron chi connectivity index (χ0n) is 13.3. The van der Waals surface area contributed by atoms with Gasteiger partial charge in [0.2, 0.25) is 0 Å². The van der Waals surface area contributed by atoms with Gasteiger partial charge in [0, 0.05) is 25.0 Å². The van der Waals surface area contributed by atoms with E-state index < -0.39 is 11.6 Å². The maximum Gasteiger partial charge on any atom is 0.342 e. The van der Waals surface area contributed by atoms with Crippen LogP contribution in [0.4, 0.5) is 5.69 Å². The van der Waals surface area contributed by atoms with Crippen LogP contribution in [0.3, 0.4) is 0 Å². The Morgan fingerprint density at radius 2 is 2.09 bits per heavy atom. The molecule has 0 aliphatic rings. The van der Waals surface area contributed by atoms with Crippen molar-refractivity contribution < 1.29 is 14.6 Å². The Bertz CT molecular complexity index is 672. The van der Waals surface area contributed by atoms with Crippen LogP contribution in [-0.2, 0) is 18.3 Å². The number of benzene rings is 1. The van der Waals surface area contributed by atoms with Crippen LogP contribution in [0.25, 0.3) is 0 Å². The molecule has 2 rings (SSSR count). The summed E-state index contributed by atoms with van der Waals surface area (Å²) in [6.07, 6.45) is 1.86. The van der Waals surface area contributed by atoms with Crippen molar-refractivity contribution in [2.24, 2.45) is 7.05 Å². The van der Waals surface area contributed by atoms with Crippen molar-refractivity contribution >= 4 is 11.7 Å². The third kappa shape index (κ3) is 4.25. The SMILES string of the molecule is Cn1ccc(CNc2ccc(C(=O)OC(C)(C)C)c(O)c2)n1. The van der Waals surface area contributed by atoms with Gasteiger partial charge in [-0.1, -0.05) is 0 Å². The first-order chi connectivity index (χ1) is 10.2. The van der Waals surface area contributed by atoms with Crippen molar-refractivity contribution in [1.82, 2.24) is 9.78 Å². The molecule has 0 unspecified atom stereocenters. The molecule has 2 aromatic rings. The van der Waals surface area contributed by atoms with Crippen LogP contribution in [0.1, 0.15) is 36.8 Å². The third-order valence-electron chi connectivity index (χ3n) is 2.86. The average Bonchev–Trinajstić information content (AvgIpc) is 2.80. The lowest BCUT2D eigenvalue weighted by molar-refractivity contribution is 0.00669. The monoisotopic (exact) mass is 303 g/mol. The quantitative estimate of drug-likeness (QED) is 0.849. The minimum Gasteiger partial charge on any atom is -0.507 e. The molecule has 6 nitrogen and oxygen atoms in total. The molecule has 0 aliphatic carbocycles. The predicted octanol–water partition coefficient (Wildman–Crippen LogP) is 2.69. The highest BCUT2D eigenvalue weighted by molar-refractivity contribution is 5.93. The Balaban J connectivity index is 2.04. The van der Waals surface area contributed by atoms with Crippen molar-refractivity contribution in [2.45, 2.75) is 32.9 Å². The first kappa shape index (κ1) is 15.9. The summed E-state index contributed by atoms with van der Waals surface area (Å²) < 4.78 is 6.97. The Hall–Kier alpha value is -2.50. The molecule has 118 valence electrons. The zero-order chi connectivity index (χ0) is 16.3. The lowest BCUT2D eigenvalue weighted by Crippen LogP contribution is -2.23. The first-order valence-electron chi connectivity index (χ1n) is 7.03. The number of ether oxygens (including phenoxy) is 1. The molecule has 2 N–H and O–H groups in total. The van der Waals surface area contributed by atoms with E-state index in [1.807, 2.05) is 19.3 Å². The third-order valence-corrected chi connectivity index (χ3v) is 2.86. The number of aromatic nitrogens is 2. The Kier molecular flexibility index (Phi) is 4.40. The van der Waals surface area contributed by atoms with Gasteiger partial charge in [-0.3, -0.25) is 4.68 Å². The number of hydrogen-bond acceptors (Lipinski definition) is 5. The van der Waals surface area contributed by atoms with Gasteiger partial charge in [0.1, 0.15) is 16.9 Å². The number of nitrogens with one attached hydrogen (secondary N) is 1. The standard InChI is InChI=1S/C16H21N3O3/c1-16(2,3)22-15(21)13-6-5-11(9-14(13)20)17-10-12-7-8-19(4)18-12/h5-9,17,20H,10H2,1-4H3. The zero-order valence-corrected chi connectivity index (χ0v) is 13.3. The van der Waals surface area contributed by atoms with Crippen molar-refractivity contribution in [1.29, 1.82) is 0 Å². The fourth-order valence-electron chi connectivity index (χ4n) is 1.90. The molecular weight excluding hydrogens is 282 g/mol. The van der Waals surface area contributed by atoms with Gasteiger partial charge in [0.05, 0.1) is 12.2 Å². The Morgan fingerprint density at radius 1 is 1.36 bits per heavy atom. The highest BCUT2D eigenvalue weighted by Crippen LogP contribution is 2.24. The number of carbonyl (C=O) groups is 1. The van der Waals surface area contributed by atoms with E-state index in [4.69, 9.17) is 4.74 Å². The number of nitrogens with zero attached hydrogens (tertiary/aromatic N) is 2. The molecule has 0 bridgehead atoms. The van der Waals surface area contributed by atoms with Crippen LogP contribution in [0, 0.1) is 0 Å². The van der Waals surface area contributed by atoms with Gasteiger partial charge >= 0.3 is 5.97 Å². The molecule has 0 amide bonds. The van der Waals surface area contributed by atoms with Gasteiger partial charge in [-0.25, -0.2) is 4.79 Å². The van der Waals surface area contributed by atoms with Crippen LogP contribution < -0.4 is 5.32 Å². The largest absolute Gasteiger partial charge is 0.507 e. The van der Waals surface area contributed by atoms with E-state index in [0.717, 1.165) is 5.69 Å². The molecule has 0 atom stereocenters. The first-order valence-corrected chi connectivity index (χ1v) is 7.03. The summed E-state index contributed by atoms with van der Waals surface area (Å²) in [5, 5.41) is 17.4. The average molecular weight is 303 g/mol. The molecule has 0 saturated heterocycles. The van der Waals surface area contributed by atoms with Gasteiger partial charge < -0.3 is 15.2 Å². The maximum absolute atomic E-state index is 12.0. The van der Waals surface area contributed by atoms with Gasteiger partial charge in [-0.2, -0.15) is 5.10 Å². The van der Waals surface area contributed by atoms with E-state index in [0.29, 0.717) is 12.2 Å². The summed E-state index contributed by atoms with van der Waals surface area (Å²) in [6, 6.07) is 6.68. The number of rotatable bonds is 4. The second-order valence-corrected chi connectivity index (χ2v) is 6.07. The molecule has 6 heteroatoms. The highest BCUT2D eigenvalue weighted by atomic mass is 16.6. The Morgan fingerprint density at radius 3 is 2.64 bits per heavy atom. The summed E-state index contributed by atoms with van der Waals surface area (Å²) in [5.41, 5.74) is 1.14. The lowest BCUT2D eigenvalue weighted by Gasteiger charge is -2.20. The molecular formula is C16H21N3O3. The molecule has 0 radical (unpaired) electrons. The van der Waals surface area contributed by atoms with E-state index in [1.54, 1.807) is 37.6 Å². The highest BCUT2D eigenvalue weighted by Gasteiger charge is 2.20. The van der Waals surface area contributed by atoms with E-state index in [1.165, 1.54) is 6.07 Å². The van der Waals surface area contributed by atoms with E-state index in [2.05, 4.69) is 10.4 Å². The molecule has 0 fully saturated rings. The maximum atomic E-state index is 12.0. The number of carbonyl (C=O) groups excluding carboxylic acids is 1. The van der Waals surface area contributed by atoms with Crippen LogP contribution >= 0.6 is 0 Å². The molecule has 0 saturated carbocycles. The number of anilines is 1. The number of esters is 1. The van der Waals surface area contributed by atoms with E-state index in [9.17, 15) is 9.90 Å². The van der Waals surface area contributed by atoms with Crippen LogP contribution in [0.15, 0.2) is 30.5 Å². The summed E-state index contributed by atoms with van der Waals surface area (Å²) in [4.78, 5) is 12.0. The summed E-state index contributed by atoms with van der Waals surface area (Å²) in [7, 11) is 1.85. The fourth-order valence-corrected chi connectivity index (χ4v) is 1.90. The summed E-state index contributed by atoms with van der Waals surface area (Å²) in [5.74, 6) is -0.651. The Labute approximate surface area is 129 Å². The normalized spacial score (nSPS) is 11.3. The minimum absolute atomic E-state index is 0.111.